The van der Waals surface area contributed by atoms with Gasteiger partial charge in [0.25, 0.3) is 0 Å². The molecule has 0 bridgehead atoms. The minimum atomic E-state index is -0.949. The van der Waals surface area contributed by atoms with Crippen LogP contribution in [0.5, 0.6) is 0 Å². The van der Waals surface area contributed by atoms with Crippen LogP contribution in [0.4, 0.5) is 0 Å². The van der Waals surface area contributed by atoms with E-state index in [1.165, 1.54) is 11.8 Å². The Bertz CT molecular complexity index is 545. The Balaban J connectivity index is 2.21. The predicted molar refractivity (Wildman–Crippen MR) is 64.6 cm³/mol. The number of aromatic nitrogens is 2. The number of halogens is 1. The van der Waals surface area contributed by atoms with Gasteiger partial charge in [0.1, 0.15) is 5.03 Å². The second-order valence-electron chi connectivity index (χ2n) is 3.13. The molecule has 2 rings (SSSR count). The quantitative estimate of drug-likeness (QED) is 0.925. The third kappa shape index (κ3) is 3.18. The molecule has 0 radical (unpaired) electrons. The van der Waals surface area contributed by atoms with Crippen LogP contribution in [0, 0.1) is 0 Å². The summed E-state index contributed by atoms with van der Waals surface area (Å²) >= 11 is 6.95. The van der Waals surface area contributed by atoms with Crippen molar-refractivity contribution in [3.63, 3.8) is 0 Å². The number of hydrogen-bond acceptors (Lipinski definition) is 4. The maximum absolute atomic E-state index is 10.8. The Morgan fingerprint density at radius 2 is 2.06 bits per heavy atom. The molecule has 0 fully saturated rings. The molecule has 0 aliphatic carbocycles. The van der Waals surface area contributed by atoms with Crippen LogP contribution >= 0.6 is 23.4 Å². The van der Waals surface area contributed by atoms with Crippen molar-refractivity contribution in [2.24, 2.45) is 0 Å². The Morgan fingerprint density at radius 3 is 2.71 bits per heavy atom. The summed E-state index contributed by atoms with van der Waals surface area (Å²) in [7, 11) is 0. The molecule has 1 aromatic carbocycles. The third-order valence-corrected chi connectivity index (χ3v) is 3.03. The van der Waals surface area contributed by atoms with Crippen LogP contribution in [0.1, 0.15) is 10.4 Å². The minimum Gasteiger partial charge on any atom is -0.478 e. The highest BCUT2D eigenvalue weighted by Gasteiger charge is 2.05. The lowest BCUT2D eigenvalue weighted by molar-refractivity contribution is 0.0696. The lowest BCUT2D eigenvalue weighted by atomic mass is 10.2. The number of rotatable bonds is 3. The van der Waals surface area contributed by atoms with E-state index in [0.29, 0.717) is 10.2 Å². The zero-order chi connectivity index (χ0) is 12.3. The maximum atomic E-state index is 10.8. The first-order valence-electron chi connectivity index (χ1n) is 4.65. The first-order chi connectivity index (χ1) is 8.15. The average Bonchev–Trinajstić information content (AvgIpc) is 2.32. The Hall–Kier alpha value is -1.59. The van der Waals surface area contributed by atoms with Gasteiger partial charge >= 0.3 is 5.97 Å². The van der Waals surface area contributed by atoms with E-state index in [-0.39, 0.29) is 5.56 Å². The van der Waals surface area contributed by atoms with Crippen LogP contribution in [0.25, 0.3) is 0 Å². The van der Waals surface area contributed by atoms with Gasteiger partial charge in [0.15, 0.2) is 5.15 Å². The van der Waals surface area contributed by atoms with E-state index in [1.54, 1.807) is 30.3 Å². The van der Waals surface area contributed by atoms with E-state index in [0.717, 1.165) is 4.90 Å². The number of nitrogens with zero attached hydrogens (tertiary/aromatic N) is 2. The van der Waals surface area contributed by atoms with Crippen molar-refractivity contribution in [1.82, 2.24) is 10.2 Å². The van der Waals surface area contributed by atoms with E-state index in [9.17, 15) is 4.79 Å². The van der Waals surface area contributed by atoms with Crippen molar-refractivity contribution in [1.29, 1.82) is 0 Å². The molecule has 0 saturated heterocycles. The van der Waals surface area contributed by atoms with Crippen LogP contribution in [0.2, 0.25) is 5.15 Å². The number of benzene rings is 1. The fraction of sp³-hybridized carbons (Fsp3) is 0. The summed E-state index contributed by atoms with van der Waals surface area (Å²) in [4.78, 5) is 11.6. The standard InChI is InChI=1S/C11H7ClN2O2S/c12-9-4-5-10(14-13-9)17-8-3-1-2-7(6-8)11(15)16/h1-6H,(H,15,16). The molecular weight excluding hydrogens is 260 g/mol. The fourth-order valence-electron chi connectivity index (χ4n) is 1.17. The lowest BCUT2D eigenvalue weighted by Gasteiger charge is -2.01. The Labute approximate surface area is 107 Å². The Kier molecular flexibility index (Phi) is 3.61. The smallest absolute Gasteiger partial charge is 0.335 e. The van der Waals surface area contributed by atoms with E-state index >= 15 is 0 Å². The van der Waals surface area contributed by atoms with Crippen molar-refractivity contribution in [2.75, 3.05) is 0 Å². The zero-order valence-electron chi connectivity index (χ0n) is 8.50. The van der Waals surface area contributed by atoms with Crippen LogP contribution in [-0.4, -0.2) is 21.3 Å². The molecule has 17 heavy (non-hydrogen) atoms. The molecule has 4 nitrogen and oxygen atoms in total. The molecule has 0 spiro atoms. The molecule has 6 heteroatoms. The van der Waals surface area contributed by atoms with Gasteiger partial charge in [-0.1, -0.05) is 29.4 Å². The van der Waals surface area contributed by atoms with Crippen molar-refractivity contribution >= 4 is 29.3 Å². The van der Waals surface area contributed by atoms with E-state index < -0.39 is 5.97 Å². The van der Waals surface area contributed by atoms with Crippen molar-refractivity contribution in [3.05, 3.63) is 47.1 Å². The summed E-state index contributed by atoms with van der Waals surface area (Å²) in [5.41, 5.74) is 0.247. The van der Waals surface area contributed by atoms with Gasteiger partial charge in [0.05, 0.1) is 5.56 Å². The summed E-state index contributed by atoms with van der Waals surface area (Å²) < 4.78 is 0. The number of carboxylic acids is 1. The van der Waals surface area contributed by atoms with Crippen LogP contribution < -0.4 is 0 Å². The summed E-state index contributed by atoms with van der Waals surface area (Å²) in [5, 5.41) is 17.4. The summed E-state index contributed by atoms with van der Waals surface area (Å²) in [6.07, 6.45) is 0. The van der Waals surface area contributed by atoms with Crippen LogP contribution in [0.3, 0.4) is 0 Å². The molecule has 0 aliphatic heterocycles. The second-order valence-corrected chi connectivity index (χ2v) is 4.61. The first-order valence-corrected chi connectivity index (χ1v) is 5.85. The SMILES string of the molecule is O=C(O)c1cccc(Sc2ccc(Cl)nn2)c1. The van der Waals surface area contributed by atoms with Crippen LogP contribution in [-0.2, 0) is 0 Å². The van der Waals surface area contributed by atoms with Gasteiger partial charge in [0, 0.05) is 4.90 Å². The number of hydrogen-bond donors (Lipinski definition) is 1. The van der Waals surface area contributed by atoms with Crippen molar-refractivity contribution in [2.45, 2.75) is 9.92 Å². The van der Waals surface area contributed by atoms with Crippen molar-refractivity contribution in [3.8, 4) is 0 Å². The molecule has 0 atom stereocenters. The topological polar surface area (TPSA) is 63.1 Å². The fourth-order valence-corrected chi connectivity index (χ4v) is 2.06. The second kappa shape index (κ2) is 5.16. The zero-order valence-corrected chi connectivity index (χ0v) is 10.1. The maximum Gasteiger partial charge on any atom is 0.335 e. The minimum absolute atomic E-state index is 0.247. The first kappa shape index (κ1) is 11.9. The van der Waals surface area contributed by atoms with Gasteiger partial charge in [-0.3, -0.25) is 0 Å². The van der Waals surface area contributed by atoms with Gasteiger partial charge < -0.3 is 5.11 Å². The van der Waals surface area contributed by atoms with Crippen LogP contribution in [0.15, 0.2) is 46.3 Å². The predicted octanol–water partition coefficient (Wildman–Crippen LogP) is 2.98. The molecule has 0 unspecified atom stereocenters. The molecule has 1 heterocycles. The summed E-state index contributed by atoms with van der Waals surface area (Å²) in [6.45, 7) is 0. The van der Waals surface area contributed by atoms with Gasteiger partial charge in [-0.05, 0) is 30.3 Å². The molecular formula is C11H7ClN2O2S. The number of aromatic carboxylic acids is 1. The summed E-state index contributed by atoms with van der Waals surface area (Å²) in [6, 6.07) is 10.00. The van der Waals surface area contributed by atoms with Gasteiger partial charge in [-0.25, -0.2) is 4.79 Å². The normalized spacial score (nSPS) is 10.2. The van der Waals surface area contributed by atoms with Crippen molar-refractivity contribution < 1.29 is 9.90 Å². The average molecular weight is 267 g/mol. The molecule has 0 saturated carbocycles. The largest absolute Gasteiger partial charge is 0.478 e. The van der Waals surface area contributed by atoms with E-state index in [2.05, 4.69) is 10.2 Å². The van der Waals surface area contributed by atoms with Gasteiger partial charge in [0.2, 0.25) is 0 Å². The lowest BCUT2D eigenvalue weighted by Crippen LogP contribution is -1.95. The monoisotopic (exact) mass is 266 g/mol. The van der Waals surface area contributed by atoms with Gasteiger partial charge in [-0.15, -0.1) is 10.2 Å². The highest BCUT2D eigenvalue weighted by molar-refractivity contribution is 7.99. The van der Waals surface area contributed by atoms with E-state index in [4.69, 9.17) is 16.7 Å². The van der Waals surface area contributed by atoms with Gasteiger partial charge in [-0.2, -0.15) is 0 Å². The highest BCUT2D eigenvalue weighted by atomic mass is 35.5. The number of carboxylic acid groups (broad SMARTS) is 1. The third-order valence-electron chi connectivity index (χ3n) is 1.91. The number of carbonyl (C=O) groups is 1. The summed E-state index contributed by atoms with van der Waals surface area (Å²) in [5.74, 6) is -0.949. The molecule has 86 valence electrons. The molecule has 0 amide bonds. The molecule has 1 N–H and O–H groups in total. The highest BCUT2D eigenvalue weighted by Crippen LogP contribution is 2.26. The Morgan fingerprint density at radius 1 is 1.24 bits per heavy atom. The molecule has 1 aromatic heterocycles. The molecule has 0 aliphatic rings. The van der Waals surface area contributed by atoms with E-state index in [1.807, 2.05) is 6.07 Å². The molecule has 2 aromatic rings.